The topological polar surface area (TPSA) is 75.4 Å². The van der Waals surface area contributed by atoms with E-state index in [2.05, 4.69) is 5.32 Å². The minimum Gasteiger partial charge on any atom is -0.329 e. The van der Waals surface area contributed by atoms with Crippen LogP contribution in [0.3, 0.4) is 0 Å². The molecule has 1 atom stereocenters. The molecule has 0 bridgehead atoms. The van der Waals surface area contributed by atoms with E-state index in [4.69, 9.17) is 5.73 Å². The van der Waals surface area contributed by atoms with Crippen molar-refractivity contribution in [1.82, 2.24) is 4.90 Å². The van der Waals surface area contributed by atoms with E-state index in [1.165, 1.54) is 29.2 Å². The molecule has 5 nitrogen and oxygen atoms in total. The van der Waals surface area contributed by atoms with Gasteiger partial charge in [-0.05, 0) is 31.5 Å². The quantitative estimate of drug-likeness (QED) is 0.698. The van der Waals surface area contributed by atoms with Gasteiger partial charge < -0.3 is 16.0 Å². The zero-order valence-corrected chi connectivity index (χ0v) is 16.3. The molecule has 2 aromatic rings. The number of carbonyl (C=O) groups excluding carboxylic acids is 2. The Hall–Kier alpha value is -2.51. The molecular formula is C20H24ClF2N3O2. The van der Waals surface area contributed by atoms with E-state index in [0.29, 0.717) is 12.0 Å². The predicted octanol–water partition coefficient (Wildman–Crippen LogP) is 3.48. The Morgan fingerprint density at radius 2 is 1.68 bits per heavy atom. The molecule has 2 amide bonds. The van der Waals surface area contributed by atoms with E-state index in [9.17, 15) is 18.4 Å². The van der Waals surface area contributed by atoms with Crippen LogP contribution in [0.4, 0.5) is 14.5 Å². The average molecular weight is 412 g/mol. The maximum absolute atomic E-state index is 14.0. The minimum atomic E-state index is -0.574. The summed E-state index contributed by atoms with van der Waals surface area (Å²) in [5.41, 5.74) is 6.01. The maximum Gasteiger partial charge on any atom is 0.244 e. The second-order valence-electron chi connectivity index (χ2n) is 6.39. The Kier molecular flexibility index (Phi) is 9.55. The lowest BCUT2D eigenvalue weighted by Gasteiger charge is -2.23. The Morgan fingerprint density at radius 3 is 2.29 bits per heavy atom. The second-order valence-corrected chi connectivity index (χ2v) is 6.39. The molecule has 2 rings (SSSR count). The minimum absolute atomic E-state index is 0. The van der Waals surface area contributed by atoms with Crippen LogP contribution in [0.1, 0.15) is 25.3 Å². The van der Waals surface area contributed by atoms with E-state index >= 15 is 0 Å². The highest BCUT2D eigenvalue weighted by atomic mass is 35.5. The summed E-state index contributed by atoms with van der Waals surface area (Å²) >= 11 is 0. The number of benzene rings is 2. The molecular weight excluding hydrogens is 388 g/mol. The van der Waals surface area contributed by atoms with Crippen molar-refractivity contribution >= 4 is 29.9 Å². The molecule has 0 spiro atoms. The highest BCUT2D eigenvalue weighted by molar-refractivity contribution is 5.94. The van der Waals surface area contributed by atoms with Gasteiger partial charge in [0.1, 0.15) is 18.2 Å². The van der Waals surface area contributed by atoms with Crippen molar-refractivity contribution in [2.24, 2.45) is 5.73 Å². The predicted molar refractivity (Wildman–Crippen MR) is 107 cm³/mol. The summed E-state index contributed by atoms with van der Waals surface area (Å²) in [6.45, 7) is 1.40. The van der Waals surface area contributed by atoms with Crippen molar-refractivity contribution in [1.29, 1.82) is 0 Å². The van der Waals surface area contributed by atoms with Gasteiger partial charge in [0.25, 0.3) is 0 Å². The lowest BCUT2D eigenvalue weighted by molar-refractivity contribution is -0.135. The second kappa shape index (κ2) is 11.4. The van der Waals surface area contributed by atoms with Gasteiger partial charge in [0.05, 0.1) is 5.69 Å². The van der Waals surface area contributed by atoms with E-state index in [1.807, 2.05) is 0 Å². The molecule has 3 N–H and O–H groups in total. The van der Waals surface area contributed by atoms with E-state index in [0.717, 1.165) is 0 Å². The standard InChI is InChI=1S/C20H23F2N3O2.ClH/c1-14(23)10-11-20(27)25(12-15-6-2-3-7-16(15)21)13-19(26)24-18-9-5-4-8-17(18)22;/h2-9,14H,10-13,23H2,1H3,(H,24,26);1H. The first-order chi connectivity index (χ1) is 12.9. The number of amides is 2. The number of rotatable bonds is 8. The van der Waals surface area contributed by atoms with Crippen molar-refractivity contribution < 1.29 is 18.4 Å². The fourth-order valence-electron chi connectivity index (χ4n) is 2.50. The Labute approximate surface area is 169 Å². The van der Waals surface area contributed by atoms with Gasteiger partial charge >= 0.3 is 0 Å². The molecule has 0 heterocycles. The molecule has 0 radical (unpaired) electrons. The molecule has 8 heteroatoms. The van der Waals surface area contributed by atoms with Gasteiger partial charge in [-0.2, -0.15) is 0 Å². The largest absolute Gasteiger partial charge is 0.329 e. The summed E-state index contributed by atoms with van der Waals surface area (Å²) in [4.78, 5) is 26.1. The number of para-hydroxylation sites is 1. The Morgan fingerprint density at radius 1 is 1.07 bits per heavy atom. The summed E-state index contributed by atoms with van der Waals surface area (Å²) in [5, 5.41) is 2.43. The smallest absolute Gasteiger partial charge is 0.244 e. The van der Waals surface area contributed by atoms with Crippen LogP contribution in [0, 0.1) is 11.6 Å². The molecule has 0 aliphatic heterocycles. The molecule has 0 saturated heterocycles. The van der Waals surface area contributed by atoms with E-state index in [1.54, 1.807) is 31.2 Å². The number of hydrogen-bond acceptors (Lipinski definition) is 3. The number of nitrogens with zero attached hydrogens (tertiary/aromatic N) is 1. The molecule has 0 aliphatic rings. The average Bonchev–Trinajstić information content (AvgIpc) is 2.62. The molecule has 1 unspecified atom stereocenters. The molecule has 0 aromatic heterocycles. The van der Waals surface area contributed by atoms with Crippen LogP contribution in [0.25, 0.3) is 0 Å². The summed E-state index contributed by atoms with van der Waals surface area (Å²) < 4.78 is 27.7. The molecule has 0 aliphatic carbocycles. The first kappa shape index (κ1) is 23.5. The first-order valence-corrected chi connectivity index (χ1v) is 8.68. The molecule has 0 fully saturated rings. The Bertz CT molecular complexity index is 803. The van der Waals surface area contributed by atoms with E-state index < -0.39 is 17.5 Å². The fourth-order valence-corrected chi connectivity index (χ4v) is 2.50. The monoisotopic (exact) mass is 411 g/mol. The molecule has 2 aromatic carbocycles. The van der Waals surface area contributed by atoms with Gasteiger partial charge in [-0.15, -0.1) is 12.4 Å². The number of halogens is 3. The SMILES string of the molecule is CC(N)CCC(=O)N(CC(=O)Nc1ccccc1F)Cc1ccccc1F.Cl. The van der Waals surface area contributed by atoms with Crippen molar-refractivity contribution in [2.45, 2.75) is 32.4 Å². The van der Waals surface area contributed by atoms with Crippen LogP contribution < -0.4 is 11.1 Å². The fraction of sp³-hybridized carbons (Fsp3) is 0.300. The van der Waals surface area contributed by atoms with Crippen molar-refractivity contribution in [3.63, 3.8) is 0 Å². The van der Waals surface area contributed by atoms with Gasteiger partial charge in [0, 0.05) is 24.6 Å². The summed E-state index contributed by atoms with van der Waals surface area (Å²) in [6, 6.07) is 11.6. The lowest BCUT2D eigenvalue weighted by atomic mass is 10.1. The van der Waals surface area contributed by atoms with Crippen LogP contribution in [0.15, 0.2) is 48.5 Å². The third-order valence-corrected chi connectivity index (χ3v) is 3.97. The van der Waals surface area contributed by atoms with E-state index in [-0.39, 0.29) is 49.6 Å². The number of carbonyl (C=O) groups is 2. The van der Waals surface area contributed by atoms with Gasteiger partial charge in [0.15, 0.2) is 0 Å². The number of nitrogens with two attached hydrogens (primary N) is 1. The van der Waals surface area contributed by atoms with Crippen molar-refractivity contribution in [3.05, 3.63) is 65.7 Å². The van der Waals surface area contributed by atoms with Crippen molar-refractivity contribution in [3.8, 4) is 0 Å². The maximum atomic E-state index is 14.0. The third kappa shape index (κ3) is 7.25. The summed E-state index contributed by atoms with van der Waals surface area (Å²) in [5.74, 6) is -1.92. The van der Waals surface area contributed by atoms with Crippen LogP contribution in [-0.2, 0) is 16.1 Å². The summed E-state index contributed by atoms with van der Waals surface area (Å²) in [6.07, 6.45) is 0.584. The van der Waals surface area contributed by atoms with Gasteiger partial charge in [-0.1, -0.05) is 30.3 Å². The molecule has 0 saturated carbocycles. The zero-order valence-electron chi connectivity index (χ0n) is 15.5. The highest BCUT2D eigenvalue weighted by Gasteiger charge is 2.20. The highest BCUT2D eigenvalue weighted by Crippen LogP contribution is 2.14. The number of anilines is 1. The molecule has 152 valence electrons. The normalized spacial score (nSPS) is 11.3. The lowest BCUT2D eigenvalue weighted by Crippen LogP contribution is -2.38. The van der Waals surface area contributed by atoms with Gasteiger partial charge in [-0.3, -0.25) is 9.59 Å². The van der Waals surface area contributed by atoms with Crippen LogP contribution in [-0.4, -0.2) is 29.3 Å². The Balaban J connectivity index is 0.00000392. The van der Waals surface area contributed by atoms with Gasteiger partial charge in [0.2, 0.25) is 11.8 Å². The number of hydrogen-bond donors (Lipinski definition) is 2. The van der Waals surface area contributed by atoms with Crippen LogP contribution in [0.2, 0.25) is 0 Å². The molecule has 28 heavy (non-hydrogen) atoms. The van der Waals surface area contributed by atoms with Crippen LogP contribution >= 0.6 is 12.4 Å². The first-order valence-electron chi connectivity index (χ1n) is 8.68. The van der Waals surface area contributed by atoms with Crippen molar-refractivity contribution in [2.75, 3.05) is 11.9 Å². The zero-order chi connectivity index (χ0) is 19.8. The van der Waals surface area contributed by atoms with Gasteiger partial charge in [-0.25, -0.2) is 8.78 Å². The third-order valence-electron chi connectivity index (χ3n) is 3.97. The summed E-state index contributed by atoms with van der Waals surface area (Å²) in [7, 11) is 0. The van der Waals surface area contributed by atoms with Crippen LogP contribution in [0.5, 0.6) is 0 Å². The number of nitrogens with one attached hydrogen (secondary N) is 1.